The van der Waals surface area contributed by atoms with Crippen LogP contribution in [0.4, 0.5) is 0 Å². The predicted molar refractivity (Wildman–Crippen MR) is 144 cm³/mol. The summed E-state index contributed by atoms with van der Waals surface area (Å²) in [5.41, 5.74) is 13.0. The maximum Gasteiger partial charge on any atom is 0.325 e. The smallest absolute Gasteiger partial charge is 0.325 e. The van der Waals surface area contributed by atoms with Gasteiger partial charge in [0.1, 0.15) is 29.6 Å². The third-order valence-corrected chi connectivity index (χ3v) is 6.05. The average Bonchev–Trinajstić information content (AvgIpc) is 2.89. The van der Waals surface area contributed by atoms with Crippen molar-refractivity contribution in [2.24, 2.45) is 11.5 Å². The highest BCUT2D eigenvalue weighted by Crippen LogP contribution is 2.13. The number of phenolic OH excluding ortho intramolecular Hbond substituents is 2. The van der Waals surface area contributed by atoms with Crippen molar-refractivity contribution in [2.45, 2.75) is 63.2 Å². The van der Waals surface area contributed by atoms with E-state index in [0.717, 1.165) is 5.56 Å². The van der Waals surface area contributed by atoms with Gasteiger partial charge in [0.2, 0.25) is 17.7 Å². The van der Waals surface area contributed by atoms with E-state index in [-0.39, 0.29) is 30.8 Å². The number of nitrogens with one attached hydrogen (secondary N) is 3. The largest absolute Gasteiger partial charge is 0.508 e. The molecule has 0 aliphatic carbocycles. The van der Waals surface area contributed by atoms with E-state index in [2.05, 4.69) is 16.0 Å². The number of aromatic hydroxyl groups is 2. The molecule has 0 radical (unpaired) electrons. The molecule has 0 spiro atoms. The number of phenols is 2. The Labute approximate surface area is 226 Å². The summed E-state index contributed by atoms with van der Waals surface area (Å²) in [5, 5.41) is 35.8. The Bertz CT molecular complexity index is 1110. The molecule has 0 heterocycles. The van der Waals surface area contributed by atoms with Gasteiger partial charge in [0, 0.05) is 6.42 Å². The Hall–Kier alpha value is -4.16. The highest BCUT2D eigenvalue weighted by Gasteiger charge is 2.29. The Morgan fingerprint density at radius 1 is 0.744 bits per heavy atom. The van der Waals surface area contributed by atoms with Crippen LogP contribution in [-0.4, -0.2) is 69.7 Å². The van der Waals surface area contributed by atoms with Crippen molar-refractivity contribution >= 4 is 23.7 Å². The van der Waals surface area contributed by atoms with Crippen molar-refractivity contribution in [3.63, 3.8) is 0 Å². The maximum atomic E-state index is 13.3. The molecule has 2 aromatic rings. The fourth-order valence-electron chi connectivity index (χ4n) is 3.74. The molecule has 0 aromatic heterocycles. The van der Waals surface area contributed by atoms with Crippen molar-refractivity contribution < 1.29 is 34.5 Å². The van der Waals surface area contributed by atoms with E-state index in [0.29, 0.717) is 24.9 Å². The van der Waals surface area contributed by atoms with Gasteiger partial charge in [-0.05, 0) is 74.5 Å². The van der Waals surface area contributed by atoms with Gasteiger partial charge in [0.25, 0.3) is 0 Å². The van der Waals surface area contributed by atoms with Gasteiger partial charge in [-0.2, -0.15) is 0 Å². The molecule has 10 N–H and O–H groups in total. The summed E-state index contributed by atoms with van der Waals surface area (Å²) in [6.07, 6.45) is 1.54. The van der Waals surface area contributed by atoms with Crippen LogP contribution in [0.15, 0.2) is 48.5 Å². The lowest BCUT2D eigenvalue weighted by atomic mass is 10.0. The molecule has 4 atom stereocenters. The Morgan fingerprint density at radius 3 is 1.74 bits per heavy atom. The molecule has 0 aliphatic heterocycles. The van der Waals surface area contributed by atoms with Crippen molar-refractivity contribution in [1.29, 1.82) is 0 Å². The van der Waals surface area contributed by atoms with Crippen LogP contribution in [0.3, 0.4) is 0 Å². The fourth-order valence-corrected chi connectivity index (χ4v) is 3.74. The number of carboxylic acids is 1. The number of carboxylic acid groups (broad SMARTS) is 1. The van der Waals surface area contributed by atoms with E-state index in [4.69, 9.17) is 11.5 Å². The molecule has 0 saturated carbocycles. The molecule has 39 heavy (non-hydrogen) atoms. The number of amides is 3. The summed E-state index contributed by atoms with van der Waals surface area (Å²) < 4.78 is 0. The van der Waals surface area contributed by atoms with Crippen LogP contribution in [0.5, 0.6) is 11.5 Å². The van der Waals surface area contributed by atoms with Gasteiger partial charge < -0.3 is 42.7 Å². The van der Waals surface area contributed by atoms with Crippen molar-refractivity contribution in [2.75, 3.05) is 6.54 Å². The van der Waals surface area contributed by atoms with Gasteiger partial charge >= 0.3 is 5.97 Å². The quantitative estimate of drug-likeness (QED) is 0.140. The average molecular weight is 544 g/mol. The van der Waals surface area contributed by atoms with Crippen LogP contribution in [0, 0.1) is 0 Å². The second kappa shape index (κ2) is 15.3. The molecule has 4 unspecified atom stereocenters. The van der Waals surface area contributed by atoms with Gasteiger partial charge in [0.15, 0.2) is 0 Å². The molecule has 2 aromatic carbocycles. The minimum absolute atomic E-state index is 0.00796. The van der Waals surface area contributed by atoms with Crippen molar-refractivity contribution in [3.05, 3.63) is 59.7 Å². The first-order chi connectivity index (χ1) is 18.5. The number of carbonyl (C=O) groups is 4. The molecule has 2 rings (SSSR count). The first-order valence-corrected chi connectivity index (χ1v) is 12.7. The van der Waals surface area contributed by atoms with E-state index in [1.165, 1.54) is 31.2 Å². The second-order valence-corrected chi connectivity index (χ2v) is 9.32. The summed E-state index contributed by atoms with van der Waals surface area (Å²) >= 11 is 0. The molecular formula is C27H37N5O7. The monoisotopic (exact) mass is 543 g/mol. The third-order valence-electron chi connectivity index (χ3n) is 6.05. The topological polar surface area (TPSA) is 217 Å². The van der Waals surface area contributed by atoms with Crippen LogP contribution < -0.4 is 27.4 Å². The lowest BCUT2D eigenvalue weighted by molar-refractivity contribution is -0.141. The molecule has 0 bridgehead atoms. The van der Waals surface area contributed by atoms with E-state index >= 15 is 0 Å². The maximum absolute atomic E-state index is 13.3. The van der Waals surface area contributed by atoms with Crippen molar-refractivity contribution in [3.8, 4) is 11.5 Å². The Kier molecular flexibility index (Phi) is 12.2. The highest BCUT2D eigenvalue weighted by molar-refractivity contribution is 5.94. The number of hydrogen-bond acceptors (Lipinski definition) is 8. The third kappa shape index (κ3) is 10.6. The first kappa shape index (κ1) is 31.1. The Balaban J connectivity index is 2.17. The van der Waals surface area contributed by atoms with E-state index in [9.17, 15) is 34.5 Å². The first-order valence-electron chi connectivity index (χ1n) is 12.7. The van der Waals surface area contributed by atoms with Gasteiger partial charge in [-0.15, -0.1) is 0 Å². The minimum atomic E-state index is -1.24. The lowest BCUT2D eigenvalue weighted by Gasteiger charge is -2.25. The van der Waals surface area contributed by atoms with Crippen LogP contribution in [0.2, 0.25) is 0 Å². The molecule has 0 fully saturated rings. The zero-order chi connectivity index (χ0) is 28.9. The summed E-state index contributed by atoms with van der Waals surface area (Å²) in [5.74, 6) is -3.07. The molecule has 0 aliphatic rings. The van der Waals surface area contributed by atoms with Gasteiger partial charge in [0.05, 0.1) is 6.04 Å². The Morgan fingerprint density at radius 2 is 1.23 bits per heavy atom. The fraction of sp³-hybridized carbons (Fsp3) is 0.407. The van der Waals surface area contributed by atoms with Gasteiger partial charge in [-0.3, -0.25) is 19.2 Å². The number of aliphatic carboxylic acids is 1. The molecule has 12 heteroatoms. The van der Waals surface area contributed by atoms with E-state index in [1.807, 2.05) is 0 Å². The van der Waals surface area contributed by atoms with Crippen LogP contribution in [0.25, 0.3) is 0 Å². The minimum Gasteiger partial charge on any atom is -0.508 e. The standard InChI is InChI=1S/C27H37N5O7/c1-16(27(38)39)30-26(37)23(15-18-7-11-20(34)12-8-18)32-25(36)22(4-2-3-13-28)31-24(35)21(29)14-17-5-9-19(33)10-6-17/h5-12,16,21-23,33-34H,2-4,13-15,28-29H2,1H3,(H,30,37)(H,31,35)(H,32,36)(H,38,39). The van der Waals surface area contributed by atoms with Crippen LogP contribution >= 0.6 is 0 Å². The number of carbonyl (C=O) groups excluding carboxylic acids is 3. The molecule has 212 valence electrons. The zero-order valence-electron chi connectivity index (χ0n) is 21.8. The predicted octanol–water partition coefficient (Wildman–Crippen LogP) is -0.102. The summed E-state index contributed by atoms with van der Waals surface area (Å²) in [7, 11) is 0. The number of hydrogen-bond donors (Lipinski definition) is 8. The molecular weight excluding hydrogens is 506 g/mol. The van der Waals surface area contributed by atoms with Gasteiger partial charge in [-0.25, -0.2) is 0 Å². The number of rotatable bonds is 15. The van der Waals surface area contributed by atoms with Crippen molar-refractivity contribution in [1.82, 2.24) is 16.0 Å². The summed E-state index contributed by atoms with van der Waals surface area (Å²) in [4.78, 5) is 50.4. The summed E-state index contributed by atoms with van der Waals surface area (Å²) in [6, 6.07) is 7.87. The van der Waals surface area contributed by atoms with E-state index < -0.39 is 47.9 Å². The zero-order valence-corrected chi connectivity index (χ0v) is 21.8. The van der Waals surface area contributed by atoms with Crippen LogP contribution in [0.1, 0.15) is 37.3 Å². The number of nitrogens with two attached hydrogens (primary N) is 2. The molecule has 3 amide bonds. The lowest BCUT2D eigenvalue weighted by Crippen LogP contribution is -2.57. The SMILES string of the molecule is CC(NC(=O)C(Cc1ccc(O)cc1)NC(=O)C(CCCCN)NC(=O)C(N)Cc1ccc(O)cc1)C(=O)O. The van der Waals surface area contributed by atoms with Gasteiger partial charge in [-0.1, -0.05) is 24.3 Å². The number of unbranched alkanes of at least 4 members (excludes halogenated alkanes) is 1. The van der Waals surface area contributed by atoms with Crippen LogP contribution in [-0.2, 0) is 32.0 Å². The second-order valence-electron chi connectivity index (χ2n) is 9.32. The normalized spacial score (nSPS) is 13.9. The highest BCUT2D eigenvalue weighted by atomic mass is 16.4. The molecule has 12 nitrogen and oxygen atoms in total. The number of benzene rings is 2. The summed E-state index contributed by atoms with van der Waals surface area (Å²) in [6.45, 7) is 1.69. The van der Waals surface area contributed by atoms with E-state index in [1.54, 1.807) is 24.3 Å². The molecule has 0 saturated heterocycles.